The summed E-state index contributed by atoms with van der Waals surface area (Å²) in [5.41, 5.74) is 8.67. The molecule has 0 radical (unpaired) electrons. The summed E-state index contributed by atoms with van der Waals surface area (Å²) in [6.07, 6.45) is 1.03. The lowest BCUT2D eigenvalue weighted by Gasteiger charge is -2.28. The average molecular weight is 438 g/mol. The molecule has 0 aliphatic carbocycles. The SMILES string of the molecule is CC(C)=C1NN=C(OCC(C)(C)NCC(O)COc2cccc(C)c2Cl)C=C1NN. The normalized spacial score (nSPS) is 15.0. The summed E-state index contributed by atoms with van der Waals surface area (Å²) in [6, 6.07) is 5.56. The van der Waals surface area contributed by atoms with E-state index in [1.54, 1.807) is 12.1 Å². The summed E-state index contributed by atoms with van der Waals surface area (Å²) < 4.78 is 11.4. The molecule has 1 aromatic rings. The van der Waals surface area contributed by atoms with Crippen molar-refractivity contribution in [2.45, 2.75) is 46.3 Å². The monoisotopic (exact) mass is 437 g/mol. The van der Waals surface area contributed by atoms with E-state index in [2.05, 4.69) is 21.3 Å². The smallest absolute Gasteiger partial charge is 0.233 e. The number of β-amino-alcohol motifs (C(OH)–C–C–N with tert-alkyl or cyclic N) is 1. The quantitative estimate of drug-likeness (QED) is 0.297. The van der Waals surface area contributed by atoms with Gasteiger partial charge in [-0.05, 0) is 51.8 Å². The van der Waals surface area contributed by atoms with Gasteiger partial charge in [-0.25, -0.2) is 0 Å². The Labute approximate surface area is 183 Å². The van der Waals surface area contributed by atoms with Crippen molar-refractivity contribution in [3.63, 3.8) is 0 Å². The van der Waals surface area contributed by atoms with E-state index in [0.29, 0.717) is 35.5 Å². The minimum Gasteiger partial charge on any atom is -0.489 e. The van der Waals surface area contributed by atoms with Crippen molar-refractivity contribution in [2.75, 3.05) is 19.8 Å². The molecule has 1 aliphatic rings. The van der Waals surface area contributed by atoms with Crippen molar-refractivity contribution in [1.82, 2.24) is 16.2 Å². The Hall–Kier alpha value is -2.26. The second kappa shape index (κ2) is 10.7. The van der Waals surface area contributed by atoms with Gasteiger partial charge < -0.3 is 25.3 Å². The van der Waals surface area contributed by atoms with Crippen LogP contribution < -0.4 is 26.7 Å². The van der Waals surface area contributed by atoms with E-state index >= 15 is 0 Å². The first-order valence-corrected chi connectivity index (χ1v) is 10.1. The van der Waals surface area contributed by atoms with Gasteiger partial charge in [-0.2, -0.15) is 0 Å². The first-order chi connectivity index (χ1) is 14.1. The van der Waals surface area contributed by atoms with Gasteiger partial charge in [0.15, 0.2) is 0 Å². The molecule has 1 aromatic carbocycles. The third-order valence-electron chi connectivity index (χ3n) is 4.46. The van der Waals surface area contributed by atoms with Gasteiger partial charge in [0.1, 0.15) is 25.1 Å². The van der Waals surface area contributed by atoms with Crippen LogP contribution in [0.1, 0.15) is 33.3 Å². The molecule has 8 nitrogen and oxygen atoms in total. The fraction of sp³-hybridized carbons (Fsp3) is 0.476. The highest BCUT2D eigenvalue weighted by Gasteiger charge is 2.22. The van der Waals surface area contributed by atoms with E-state index in [1.165, 1.54) is 0 Å². The molecule has 6 N–H and O–H groups in total. The van der Waals surface area contributed by atoms with Crippen molar-refractivity contribution in [3.8, 4) is 5.75 Å². The lowest BCUT2D eigenvalue weighted by atomic mass is 10.1. The molecule has 1 aliphatic heterocycles. The molecule has 0 saturated heterocycles. The predicted molar refractivity (Wildman–Crippen MR) is 120 cm³/mol. The zero-order valence-corrected chi connectivity index (χ0v) is 18.9. The number of benzene rings is 1. The van der Waals surface area contributed by atoms with Crippen LogP contribution >= 0.6 is 11.6 Å². The first kappa shape index (κ1) is 24.0. The first-order valence-electron chi connectivity index (χ1n) is 9.76. The van der Waals surface area contributed by atoms with Crippen molar-refractivity contribution in [1.29, 1.82) is 0 Å². The van der Waals surface area contributed by atoms with E-state index in [9.17, 15) is 5.11 Å². The van der Waals surface area contributed by atoms with Crippen LogP contribution in [0.4, 0.5) is 0 Å². The van der Waals surface area contributed by atoms with Gasteiger partial charge in [0.2, 0.25) is 5.90 Å². The third kappa shape index (κ3) is 6.91. The summed E-state index contributed by atoms with van der Waals surface area (Å²) in [7, 11) is 0. The molecule has 0 saturated carbocycles. The van der Waals surface area contributed by atoms with Gasteiger partial charge in [0.05, 0.1) is 16.4 Å². The van der Waals surface area contributed by atoms with Crippen LogP contribution in [-0.4, -0.2) is 42.4 Å². The second-order valence-corrected chi connectivity index (χ2v) is 8.42. The fourth-order valence-electron chi connectivity index (χ4n) is 2.64. The molecule has 0 fully saturated rings. The Morgan fingerprint density at radius 3 is 2.73 bits per heavy atom. The summed E-state index contributed by atoms with van der Waals surface area (Å²) in [5.74, 6) is 6.56. The average Bonchev–Trinajstić information content (AvgIpc) is 2.71. The van der Waals surface area contributed by atoms with Gasteiger partial charge in [-0.1, -0.05) is 23.7 Å². The lowest BCUT2D eigenvalue weighted by molar-refractivity contribution is 0.0919. The number of halogens is 1. The number of nitrogens with two attached hydrogens (primary N) is 1. The number of nitrogens with one attached hydrogen (secondary N) is 3. The number of hydrazine groups is 1. The van der Waals surface area contributed by atoms with E-state index < -0.39 is 11.6 Å². The number of hydrogen-bond acceptors (Lipinski definition) is 8. The van der Waals surface area contributed by atoms with Crippen LogP contribution in [0, 0.1) is 6.92 Å². The standard InChI is InChI=1S/C21H32ClN5O3/c1-13(2)20-16(25-23)9-18(26-27-20)30-12-21(4,5)24-10-15(28)11-29-17-8-6-7-14(3)19(17)22/h6-9,15,24-25,27-28H,10-12,23H2,1-5H3. The zero-order valence-electron chi connectivity index (χ0n) is 18.2. The molecule has 2 rings (SSSR count). The predicted octanol–water partition coefficient (Wildman–Crippen LogP) is 2.33. The Morgan fingerprint density at radius 2 is 2.07 bits per heavy atom. The molecule has 0 amide bonds. The van der Waals surface area contributed by atoms with Gasteiger partial charge in [-0.15, -0.1) is 5.10 Å². The van der Waals surface area contributed by atoms with Crippen LogP contribution in [0.2, 0.25) is 5.02 Å². The highest BCUT2D eigenvalue weighted by Crippen LogP contribution is 2.27. The van der Waals surface area contributed by atoms with Crippen molar-refractivity contribution < 1.29 is 14.6 Å². The number of nitrogens with zero attached hydrogens (tertiary/aromatic N) is 1. The summed E-state index contributed by atoms with van der Waals surface area (Å²) in [4.78, 5) is 0. The van der Waals surface area contributed by atoms with Gasteiger partial charge >= 0.3 is 0 Å². The summed E-state index contributed by atoms with van der Waals surface area (Å²) in [5, 5.41) is 18.3. The fourth-order valence-corrected chi connectivity index (χ4v) is 2.82. The molecule has 0 spiro atoms. The maximum absolute atomic E-state index is 10.3. The Morgan fingerprint density at radius 1 is 1.33 bits per heavy atom. The van der Waals surface area contributed by atoms with Crippen LogP contribution in [0.5, 0.6) is 5.75 Å². The number of ether oxygens (including phenoxy) is 2. The molecule has 30 heavy (non-hydrogen) atoms. The molecule has 0 bridgehead atoms. The molecule has 166 valence electrons. The second-order valence-electron chi connectivity index (χ2n) is 8.04. The van der Waals surface area contributed by atoms with Crippen LogP contribution in [-0.2, 0) is 4.74 Å². The van der Waals surface area contributed by atoms with E-state index in [0.717, 1.165) is 16.8 Å². The number of aliphatic hydroxyl groups is 1. The number of allylic oxidation sites excluding steroid dienone is 1. The van der Waals surface area contributed by atoms with Gasteiger partial charge in [-0.3, -0.25) is 11.3 Å². The number of hydrazone groups is 1. The van der Waals surface area contributed by atoms with Crippen LogP contribution in [0.15, 0.2) is 46.3 Å². The van der Waals surface area contributed by atoms with Crippen molar-refractivity contribution in [3.05, 3.63) is 51.8 Å². The molecule has 1 unspecified atom stereocenters. The minimum atomic E-state index is -0.706. The highest BCUT2D eigenvalue weighted by molar-refractivity contribution is 6.32. The maximum Gasteiger partial charge on any atom is 0.233 e. The summed E-state index contributed by atoms with van der Waals surface area (Å²) >= 11 is 6.21. The number of hydrogen-bond donors (Lipinski definition) is 5. The van der Waals surface area contributed by atoms with E-state index in [1.807, 2.05) is 46.8 Å². The van der Waals surface area contributed by atoms with Crippen molar-refractivity contribution in [2.24, 2.45) is 10.9 Å². The van der Waals surface area contributed by atoms with Crippen molar-refractivity contribution >= 4 is 17.5 Å². The van der Waals surface area contributed by atoms with Gasteiger partial charge in [0.25, 0.3) is 0 Å². The van der Waals surface area contributed by atoms with Crippen LogP contribution in [0.3, 0.4) is 0 Å². The lowest BCUT2D eigenvalue weighted by Crippen LogP contribution is -2.48. The molecular formula is C21H32ClN5O3. The molecule has 1 atom stereocenters. The Bertz CT molecular complexity index is 832. The third-order valence-corrected chi connectivity index (χ3v) is 4.94. The molecule has 1 heterocycles. The Kier molecular flexibility index (Phi) is 8.54. The minimum absolute atomic E-state index is 0.128. The number of aryl methyl sites for hydroxylation is 1. The number of rotatable bonds is 9. The van der Waals surface area contributed by atoms with Gasteiger partial charge in [0, 0.05) is 18.2 Å². The maximum atomic E-state index is 10.3. The largest absolute Gasteiger partial charge is 0.489 e. The van der Waals surface area contributed by atoms with E-state index in [-0.39, 0.29) is 6.61 Å². The van der Waals surface area contributed by atoms with Crippen LogP contribution in [0.25, 0.3) is 0 Å². The number of aliphatic hydroxyl groups excluding tert-OH is 1. The Balaban J connectivity index is 1.80. The highest BCUT2D eigenvalue weighted by atomic mass is 35.5. The zero-order chi connectivity index (χ0) is 22.3. The molecule has 9 heteroatoms. The summed E-state index contributed by atoms with van der Waals surface area (Å²) in [6.45, 7) is 10.6. The molecular weight excluding hydrogens is 406 g/mol. The topological polar surface area (TPSA) is 113 Å². The van der Waals surface area contributed by atoms with E-state index in [4.69, 9.17) is 26.9 Å². The molecule has 0 aromatic heterocycles.